The Bertz CT molecular complexity index is 304. The predicted octanol–water partition coefficient (Wildman–Crippen LogP) is 1.63. The molecule has 5 N–H and O–H groups in total. The zero-order valence-corrected chi connectivity index (χ0v) is 15.3. The minimum absolute atomic E-state index is 0.280. The molecule has 20 heavy (non-hydrogen) atoms. The van der Waals surface area contributed by atoms with E-state index in [0.717, 1.165) is 6.42 Å². The summed E-state index contributed by atoms with van der Waals surface area (Å²) in [5.74, 6) is -1.11. The van der Waals surface area contributed by atoms with Gasteiger partial charge >= 0.3 is 11.9 Å². The summed E-state index contributed by atoms with van der Waals surface area (Å²) in [6, 6.07) is 0. The summed E-state index contributed by atoms with van der Waals surface area (Å²) in [5.41, 5.74) is 10.3. The highest BCUT2D eigenvalue weighted by Gasteiger charge is 2.28. The number of carboxylic acid groups (broad SMARTS) is 1. The van der Waals surface area contributed by atoms with Gasteiger partial charge in [-0.3, -0.25) is 9.59 Å². The lowest BCUT2D eigenvalue weighted by molar-refractivity contribution is -0.145. The molecule has 0 aliphatic carbocycles. The van der Waals surface area contributed by atoms with Crippen molar-refractivity contribution in [3.8, 4) is 0 Å². The molecule has 0 saturated carbocycles. The number of halogens is 2. The van der Waals surface area contributed by atoms with Gasteiger partial charge < -0.3 is 21.3 Å². The minimum atomic E-state index is -0.832. The number of nitrogens with two attached hydrogens (primary N) is 2. The van der Waals surface area contributed by atoms with E-state index < -0.39 is 14.6 Å². The molecule has 0 aliphatic rings. The van der Waals surface area contributed by atoms with Crippen molar-refractivity contribution >= 4 is 43.8 Å². The quantitative estimate of drug-likeness (QED) is 0.426. The number of alkyl halides is 2. The minimum Gasteiger partial charge on any atom is -0.480 e. The molecule has 0 rings (SSSR count). The van der Waals surface area contributed by atoms with Crippen LogP contribution in [0.1, 0.15) is 33.6 Å². The number of carboxylic acids is 1. The van der Waals surface area contributed by atoms with Gasteiger partial charge in [0.1, 0.15) is 15.3 Å². The van der Waals surface area contributed by atoms with Crippen LogP contribution in [0.15, 0.2) is 0 Å². The third kappa shape index (κ3) is 11.6. The molecule has 0 bridgehead atoms. The van der Waals surface area contributed by atoms with Gasteiger partial charge in [0.05, 0.1) is 0 Å². The number of hydrogen-bond donors (Lipinski definition) is 3. The first-order chi connectivity index (χ1) is 8.99. The van der Waals surface area contributed by atoms with Crippen LogP contribution in [0.4, 0.5) is 0 Å². The van der Waals surface area contributed by atoms with Crippen molar-refractivity contribution in [1.29, 1.82) is 0 Å². The van der Waals surface area contributed by atoms with E-state index in [4.69, 9.17) is 21.3 Å². The van der Waals surface area contributed by atoms with Gasteiger partial charge in [-0.25, -0.2) is 0 Å². The molecule has 0 aromatic rings. The lowest BCUT2D eigenvalue weighted by atomic mass is 10.1. The Labute approximate surface area is 136 Å². The predicted molar refractivity (Wildman–Crippen MR) is 86.3 cm³/mol. The Morgan fingerprint density at radius 1 is 1.15 bits per heavy atom. The number of esters is 1. The molecule has 0 radical (unpaired) electrons. The van der Waals surface area contributed by atoms with Gasteiger partial charge in [0.2, 0.25) is 0 Å². The van der Waals surface area contributed by atoms with Crippen LogP contribution in [-0.4, -0.2) is 45.4 Å². The van der Waals surface area contributed by atoms with Gasteiger partial charge in [0, 0.05) is 6.54 Å². The number of carbonyl (C=O) groups is 2. The van der Waals surface area contributed by atoms with Crippen molar-refractivity contribution in [2.24, 2.45) is 11.5 Å². The molecule has 8 heteroatoms. The highest BCUT2D eigenvalue weighted by molar-refractivity contribution is 9.10. The zero-order valence-electron chi connectivity index (χ0n) is 12.1. The molecule has 0 aromatic carbocycles. The van der Waals surface area contributed by atoms with Gasteiger partial charge in [-0.1, -0.05) is 31.9 Å². The number of aliphatic carboxylic acids is 1. The average molecular weight is 420 g/mol. The number of ether oxygens (including phenoxy) is 1. The van der Waals surface area contributed by atoms with Crippen LogP contribution in [0.25, 0.3) is 0 Å². The third-order valence-corrected chi connectivity index (χ3v) is 3.19. The fourth-order valence-corrected chi connectivity index (χ4v) is 1.26. The monoisotopic (exact) mass is 418 g/mol. The lowest BCUT2D eigenvalue weighted by Crippen LogP contribution is -2.28. The summed E-state index contributed by atoms with van der Waals surface area (Å²) in [4.78, 5) is 21.3. The Morgan fingerprint density at radius 2 is 1.65 bits per heavy atom. The summed E-state index contributed by atoms with van der Waals surface area (Å²) >= 11 is 6.25. The van der Waals surface area contributed by atoms with Crippen molar-refractivity contribution in [1.82, 2.24) is 0 Å². The fourth-order valence-electron chi connectivity index (χ4n) is 0.864. The van der Waals surface area contributed by atoms with Gasteiger partial charge in [-0.05, 0) is 40.2 Å². The van der Waals surface area contributed by atoms with E-state index in [1.165, 1.54) is 0 Å². The second-order valence-corrected chi connectivity index (χ2v) is 8.52. The Morgan fingerprint density at radius 3 is 1.95 bits per heavy atom. The van der Waals surface area contributed by atoms with Crippen LogP contribution >= 0.6 is 31.9 Å². The molecule has 1 atom stereocenters. The van der Waals surface area contributed by atoms with E-state index in [2.05, 4.69) is 31.9 Å². The first-order valence-corrected chi connectivity index (χ1v) is 7.76. The topological polar surface area (TPSA) is 116 Å². The van der Waals surface area contributed by atoms with Crippen molar-refractivity contribution in [2.45, 2.75) is 42.3 Å². The van der Waals surface area contributed by atoms with Gasteiger partial charge in [0.15, 0.2) is 0 Å². The van der Waals surface area contributed by atoms with Crippen molar-refractivity contribution < 1.29 is 19.4 Å². The van der Waals surface area contributed by atoms with Crippen LogP contribution in [0.2, 0.25) is 0 Å². The van der Waals surface area contributed by atoms with E-state index >= 15 is 0 Å². The molecule has 0 aromatic heterocycles. The van der Waals surface area contributed by atoms with E-state index in [1.54, 1.807) is 20.8 Å². The SMILES string of the molecule is CC(Br)(CCCN)C(=O)O.CC(C)(Br)C(=O)OCCN. The zero-order chi connectivity index (χ0) is 16.4. The van der Waals surface area contributed by atoms with Crippen LogP contribution in [-0.2, 0) is 14.3 Å². The summed E-state index contributed by atoms with van der Waals surface area (Å²) in [5, 5.41) is 8.58. The maximum atomic E-state index is 10.9. The highest BCUT2D eigenvalue weighted by Crippen LogP contribution is 2.23. The average Bonchev–Trinajstić information content (AvgIpc) is 2.32. The Kier molecular flexibility index (Phi) is 11.6. The smallest absolute Gasteiger partial charge is 0.322 e. The van der Waals surface area contributed by atoms with Crippen LogP contribution in [0.3, 0.4) is 0 Å². The summed E-state index contributed by atoms with van der Waals surface area (Å²) in [6.07, 6.45) is 1.30. The second-order valence-electron chi connectivity index (χ2n) is 4.79. The van der Waals surface area contributed by atoms with Gasteiger partial charge in [-0.15, -0.1) is 0 Å². The molecule has 0 amide bonds. The van der Waals surface area contributed by atoms with E-state index in [-0.39, 0.29) is 12.6 Å². The van der Waals surface area contributed by atoms with Crippen molar-refractivity contribution in [3.63, 3.8) is 0 Å². The number of hydrogen-bond acceptors (Lipinski definition) is 5. The van der Waals surface area contributed by atoms with E-state index in [1.807, 2.05) is 0 Å². The second kappa shape index (κ2) is 10.5. The van der Waals surface area contributed by atoms with Crippen LogP contribution in [0, 0.1) is 0 Å². The largest absolute Gasteiger partial charge is 0.480 e. The standard InChI is InChI=1S/2C6H12BrNO2/c1-6(2,7)5(9)10-4-3-8;1-6(7,5(9)10)3-2-4-8/h3-4,8H2,1-2H3;2-4,8H2,1H3,(H,9,10). The summed E-state index contributed by atoms with van der Waals surface area (Å²) in [6.45, 7) is 6.28. The molecule has 0 spiro atoms. The molecule has 1 unspecified atom stereocenters. The van der Waals surface area contributed by atoms with Gasteiger partial charge in [0.25, 0.3) is 0 Å². The molecule has 0 saturated heterocycles. The summed E-state index contributed by atoms with van der Waals surface area (Å²) < 4.78 is 3.35. The Hall–Kier alpha value is -0.180. The van der Waals surface area contributed by atoms with E-state index in [0.29, 0.717) is 19.5 Å². The third-order valence-electron chi connectivity index (χ3n) is 2.13. The Balaban J connectivity index is 0. The first-order valence-electron chi connectivity index (χ1n) is 6.17. The molecule has 0 aliphatic heterocycles. The normalized spacial score (nSPS) is 13.8. The lowest BCUT2D eigenvalue weighted by Gasteiger charge is -2.15. The van der Waals surface area contributed by atoms with Crippen molar-refractivity contribution in [3.05, 3.63) is 0 Å². The first kappa shape index (κ1) is 22.1. The molecule has 120 valence electrons. The number of carbonyl (C=O) groups excluding carboxylic acids is 1. The molecule has 0 heterocycles. The van der Waals surface area contributed by atoms with Crippen molar-refractivity contribution in [2.75, 3.05) is 19.7 Å². The van der Waals surface area contributed by atoms with Gasteiger partial charge in [-0.2, -0.15) is 0 Å². The molecule has 0 fully saturated rings. The molecular weight excluding hydrogens is 396 g/mol. The molecular formula is C12H24Br2N2O4. The summed E-state index contributed by atoms with van der Waals surface area (Å²) in [7, 11) is 0. The number of rotatable bonds is 7. The maximum Gasteiger partial charge on any atom is 0.322 e. The van der Waals surface area contributed by atoms with Crippen LogP contribution in [0.5, 0.6) is 0 Å². The highest BCUT2D eigenvalue weighted by atomic mass is 79.9. The van der Waals surface area contributed by atoms with Crippen LogP contribution < -0.4 is 11.5 Å². The molecule has 6 nitrogen and oxygen atoms in total. The van der Waals surface area contributed by atoms with E-state index in [9.17, 15) is 9.59 Å². The maximum absolute atomic E-state index is 10.9. The fraction of sp³-hybridized carbons (Fsp3) is 0.833.